The van der Waals surface area contributed by atoms with Crippen LogP contribution in [0.1, 0.15) is 36.3 Å². The maximum Gasteiger partial charge on any atom is 0.320 e. The normalized spacial score (nSPS) is 19.0. The molecular weight excluding hydrogens is 483 g/mol. The topological polar surface area (TPSA) is 86.0 Å². The Morgan fingerprint density at radius 1 is 1.13 bits per heavy atom. The Bertz CT molecular complexity index is 1380. The van der Waals surface area contributed by atoms with Crippen molar-refractivity contribution < 1.29 is 13.9 Å². The zero-order valence-electron chi connectivity index (χ0n) is 21.9. The number of urea groups is 1. The van der Waals surface area contributed by atoms with Gasteiger partial charge in [-0.15, -0.1) is 0 Å². The molecule has 0 aliphatic heterocycles. The average molecular weight is 517 g/mol. The van der Waals surface area contributed by atoms with Gasteiger partial charge in [0.25, 0.3) is 0 Å². The van der Waals surface area contributed by atoms with Gasteiger partial charge in [-0.25, -0.2) is 13.9 Å². The third-order valence-electron chi connectivity index (χ3n) is 7.34. The van der Waals surface area contributed by atoms with E-state index in [4.69, 9.17) is 9.84 Å². The first-order valence-electron chi connectivity index (χ1n) is 12.9. The monoisotopic (exact) mass is 516 g/mol. The van der Waals surface area contributed by atoms with Gasteiger partial charge in [0, 0.05) is 50.0 Å². The number of nitrogens with one attached hydrogen (secondary N) is 2. The van der Waals surface area contributed by atoms with Crippen molar-refractivity contribution in [3.63, 3.8) is 0 Å². The number of aromatic nitrogens is 4. The fourth-order valence-corrected chi connectivity index (χ4v) is 5.43. The Hall–Kier alpha value is -3.98. The highest BCUT2D eigenvalue weighted by atomic mass is 19.1. The van der Waals surface area contributed by atoms with Crippen molar-refractivity contribution >= 4 is 11.8 Å². The van der Waals surface area contributed by atoms with E-state index < -0.39 is 0 Å². The lowest BCUT2D eigenvalue weighted by atomic mass is 9.93. The lowest BCUT2D eigenvalue weighted by Gasteiger charge is -2.22. The SMILES string of the molecule is COCC[C@@H]1C[C@@H](NC(=O)Nc2c(C)c(-c3cnn(C)c3)nn2-c2ccccc2)[C@H](c2ccc(F)cc2)C1. The number of ether oxygens (including phenoxy) is 1. The van der Waals surface area contributed by atoms with Crippen LogP contribution in [0.2, 0.25) is 0 Å². The molecule has 3 atom stereocenters. The average Bonchev–Trinajstić information content (AvgIpc) is 3.61. The number of carbonyl (C=O) groups is 1. The summed E-state index contributed by atoms with van der Waals surface area (Å²) >= 11 is 0. The third-order valence-corrected chi connectivity index (χ3v) is 7.34. The Kier molecular flexibility index (Phi) is 7.55. The highest BCUT2D eigenvalue weighted by Gasteiger charge is 2.36. The number of hydrogen-bond donors (Lipinski definition) is 2. The van der Waals surface area contributed by atoms with Gasteiger partial charge in [0.15, 0.2) is 0 Å². The smallest absolute Gasteiger partial charge is 0.320 e. The number of rotatable bonds is 8. The van der Waals surface area contributed by atoms with Gasteiger partial charge in [0.05, 0.1) is 11.9 Å². The van der Waals surface area contributed by atoms with E-state index in [9.17, 15) is 9.18 Å². The van der Waals surface area contributed by atoms with Gasteiger partial charge in [0.1, 0.15) is 17.3 Å². The fourth-order valence-electron chi connectivity index (χ4n) is 5.43. The van der Waals surface area contributed by atoms with Gasteiger partial charge in [0.2, 0.25) is 0 Å². The predicted molar refractivity (Wildman–Crippen MR) is 145 cm³/mol. The van der Waals surface area contributed by atoms with Crippen molar-refractivity contribution in [1.82, 2.24) is 24.9 Å². The van der Waals surface area contributed by atoms with Crippen molar-refractivity contribution in [3.05, 3.63) is 83.9 Å². The quantitative estimate of drug-likeness (QED) is 0.327. The van der Waals surface area contributed by atoms with Crippen molar-refractivity contribution in [3.8, 4) is 16.9 Å². The number of para-hydroxylation sites is 1. The number of amides is 2. The lowest BCUT2D eigenvalue weighted by molar-refractivity contribution is 0.177. The van der Waals surface area contributed by atoms with E-state index in [1.165, 1.54) is 12.1 Å². The molecule has 2 amide bonds. The summed E-state index contributed by atoms with van der Waals surface area (Å²) in [6, 6.07) is 15.9. The molecule has 0 bridgehead atoms. The van der Waals surface area contributed by atoms with Gasteiger partial charge in [-0.2, -0.15) is 10.2 Å². The predicted octanol–water partition coefficient (Wildman–Crippen LogP) is 5.44. The molecule has 2 heterocycles. The fraction of sp³-hybridized carbons (Fsp3) is 0.345. The Labute approximate surface area is 221 Å². The van der Waals surface area contributed by atoms with Gasteiger partial charge < -0.3 is 10.1 Å². The van der Waals surface area contributed by atoms with Crippen LogP contribution in [0.3, 0.4) is 0 Å². The summed E-state index contributed by atoms with van der Waals surface area (Å²) in [5.74, 6) is 0.831. The van der Waals surface area contributed by atoms with Gasteiger partial charge in [-0.05, 0) is 61.9 Å². The highest BCUT2D eigenvalue weighted by Crippen LogP contribution is 2.40. The number of benzene rings is 2. The van der Waals surface area contributed by atoms with E-state index in [0.29, 0.717) is 18.3 Å². The van der Waals surface area contributed by atoms with Crippen molar-refractivity contribution in [2.24, 2.45) is 13.0 Å². The summed E-state index contributed by atoms with van der Waals surface area (Å²) in [5.41, 5.74) is 4.33. The molecule has 1 saturated carbocycles. The summed E-state index contributed by atoms with van der Waals surface area (Å²) in [6.45, 7) is 2.62. The molecule has 5 rings (SSSR count). The molecule has 0 unspecified atom stereocenters. The summed E-state index contributed by atoms with van der Waals surface area (Å²) in [5, 5.41) is 15.4. The zero-order valence-corrected chi connectivity index (χ0v) is 21.9. The van der Waals surface area contributed by atoms with Crippen LogP contribution >= 0.6 is 0 Å². The summed E-state index contributed by atoms with van der Waals surface area (Å²) in [4.78, 5) is 13.4. The Balaban J connectivity index is 1.41. The molecule has 0 saturated heterocycles. The number of methoxy groups -OCH3 is 1. The minimum Gasteiger partial charge on any atom is -0.385 e. The van der Waals surface area contributed by atoms with Crippen LogP contribution in [0.25, 0.3) is 16.9 Å². The van der Waals surface area contributed by atoms with Crippen molar-refractivity contribution in [2.75, 3.05) is 19.0 Å². The summed E-state index contributed by atoms with van der Waals surface area (Å²) < 4.78 is 22.4. The van der Waals surface area contributed by atoms with Crippen LogP contribution in [-0.2, 0) is 11.8 Å². The maximum absolute atomic E-state index is 13.6. The van der Waals surface area contributed by atoms with Gasteiger partial charge >= 0.3 is 6.03 Å². The Morgan fingerprint density at radius 2 is 1.89 bits per heavy atom. The molecule has 0 spiro atoms. The van der Waals surface area contributed by atoms with Crippen LogP contribution in [0.4, 0.5) is 15.0 Å². The number of nitrogens with zero attached hydrogens (tertiary/aromatic N) is 4. The second-order valence-electron chi connectivity index (χ2n) is 9.95. The molecule has 2 aromatic carbocycles. The number of halogens is 1. The second-order valence-corrected chi connectivity index (χ2v) is 9.95. The molecule has 1 fully saturated rings. The molecule has 0 radical (unpaired) electrons. The van der Waals surface area contributed by atoms with Crippen molar-refractivity contribution in [2.45, 2.75) is 38.1 Å². The van der Waals surface area contributed by atoms with Crippen molar-refractivity contribution in [1.29, 1.82) is 0 Å². The van der Waals surface area contributed by atoms with Gasteiger partial charge in [-0.1, -0.05) is 30.3 Å². The molecule has 8 nitrogen and oxygen atoms in total. The molecule has 38 heavy (non-hydrogen) atoms. The van der Waals surface area contributed by atoms with E-state index >= 15 is 0 Å². The first kappa shape index (κ1) is 25.7. The first-order valence-corrected chi connectivity index (χ1v) is 12.9. The Morgan fingerprint density at radius 3 is 2.58 bits per heavy atom. The largest absolute Gasteiger partial charge is 0.385 e. The number of aryl methyl sites for hydroxylation is 1. The third kappa shape index (κ3) is 5.47. The van der Waals surface area contributed by atoms with Crippen LogP contribution in [-0.4, -0.2) is 45.4 Å². The highest BCUT2D eigenvalue weighted by molar-refractivity contribution is 5.91. The maximum atomic E-state index is 13.6. The second kappa shape index (κ2) is 11.2. The lowest BCUT2D eigenvalue weighted by Crippen LogP contribution is -2.40. The van der Waals surface area contributed by atoms with E-state index in [-0.39, 0.29) is 23.8 Å². The van der Waals surface area contributed by atoms with Gasteiger partial charge in [-0.3, -0.25) is 10.00 Å². The van der Waals surface area contributed by atoms with E-state index in [1.807, 2.05) is 62.6 Å². The van der Waals surface area contributed by atoms with E-state index in [0.717, 1.165) is 47.3 Å². The first-order chi connectivity index (χ1) is 18.4. The molecule has 4 aromatic rings. The minimum absolute atomic E-state index is 0.0893. The standard InChI is InChI=1S/C29H33FN6O2/c1-19-27(22-17-31-35(2)18-22)34-36(24-7-5-4-6-8-24)28(19)33-29(37)32-26-16-20(13-14-38-3)15-25(26)21-9-11-23(30)12-10-21/h4-12,17-18,20,25-26H,13-16H2,1-3H3,(H2,32,33,37)/t20-,25-,26+/m0/s1. The molecule has 9 heteroatoms. The van der Waals surface area contributed by atoms with E-state index in [1.54, 1.807) is 22.7 Å². The molecule has 198 valence electrons. The molecule has 1 aliphatic carbocycles. The van der Waals surface area contributed by atoms with Crippen LogP contribution < -0.4 is 10.6 Å². The molecule has 1 aliphatic rings. The molecular formula is C29H33FN6O2. The number of hydrogen-bond acceptors (Lipinski definition) is 4. The minimum atomic E-state index is -0.299. The van der Waals surface area contributed by atoms with E-state index in [2.05, 4.69) is 15.7 Å². The molecule has 2 N–H and O–H groups in total. The van der Waals surface area contributed by atoms with Crippen LogP contribution in [0.5, 0.6) is 0 Å². The molecule has 2 aromatic heterocycles. The van der Waals surface area contributed by atoms with Crippen LogP contribution in [0, 0.1) is 18.7 Å². The number of carbonyl (C=O) groups excluding carboxylic acids is 1. The summed E-state index contributed by atoms with van der Waals surface area (Å²) in [6.07, 6.45) is 6.33. The zero-order chi connectivity index (χ0) is 26.6. The number of anilines is 1. The summed E-state index contributed by atoms with van der Waals surface area (Å²) in [7, 11) is 3.56. The van der Waals surface area contributed by atoms with Crippen LogP contribution in [0.15, 0.2) is 67.0 Å².